The molecule has 1 aromatic heterocycles. The van der Waals surface area contributed by atoms with E-state index in [-0.39, 0.29) is 0 Å². The second kappa shape index (κ2) is 6.04. The lowest BCUT2D eigenvalue weighted by Crippen LogP contribution is -2.44. The van der Waals surface area contributed by atoms with Crippen molar-refractivity contribution in [2.75, 3.05) is 39.8 Å². The van der Waals surface area contributed by atoms with Crippen LogP contribution in [0.4, 0.5) is 0 Å². The molecule has 0 saturated carbocycles. The van der Waals surface area contributed by atoms with Crippen LogP contribution < -0.4 is 10.1 Å². The Hall–Kier alpha value is -1.23. The zero-order valence-electron chi connectivity index (χ0n) is 11.6. The largest absolute Gasteiger partial charge is 0.493 e. The molecule has 4 nitrogen and oxygen atoms in total. The van der Waals surface area contributed by atoms with Crippen molar-refractivity contribution < 1.29 is 9.15 Å². The van der Waals surface area contributed by atoms with Gasteiger partial charge in [0.15, 0.2) is 11.3 Å². The molecule has 1 saturated heterocycles. The quantitative estimate of drug-likeness (QED) is 0.940. The van der Waals surface area contributed by atoms with Crippen LogP contribution in [0.15, 0.2) is 22.8 Å². The number of furan rings is 1. The normalized spacial score (nSPS) is 16.7. The van der Waals surface area contributed by atoms with Gasteiger partial charge >= 0.3 is 0 Å². The van der Waals surface area contributed by atoms with Gasteiger partial charge in [0.2, 0.25) is 0 Å². The molecule has 2 aromatic rings. The summed E-state index contributed by atoms with van der Waals surface area (Å²) in [5.74, 6) is 0.754. The first-order chi connectivity index (χ1) is 9.79. The van der Waals surface area contributed by atoms with Crippen LogP contribution in [0.2, 0.25) is 5.02 Å². The molecule has 1 aliphatic rings. The fraction of sp³-hybridized carbons (Fsp3) is 0.467. The highest BCUT2D eigenvalue weighted by molar-refractivity contribution is 6.36. The average Bonchev–Trinajstić information content (AvgIpc) is 2.98. The number of rotatable bonds is 4. The van der Waals surface area contributed by atoms with Gasteiger partial charge in [-0.05, 0) is 24.1 Å². The molecule has 0 bridgehead atoms. The molecular weight excluding hydrogens is 276 g/mol. The standard InChI is InChI=1S/C15H19ClN2O2/c1-19-13-10-11(2-6-18-7-4-17-5-8-18)14(16)12-3-9-20-15(12)13/h3,9-10,17H,2,4-8H2,1H3. The highest BCUT2D eigenvalue weighted by Crippen LogP contribution is 2.35. The number of piperazine rings is 1. The monoisotopic (exact) mass is 294 g/mol. The Bertz CT molecular complexity index is 591. The van der Waals surface area contributed by atoms with E-state index < -0.39 is 0 Å². The van der Waals surface area contributed by atoms with Gasteiger partial charge in [-0.2, -0.15) is 0 Å². The van der Waals surface area contributed by atoms with Crippen molar-refractivity contribution >= 4 is 22.6 Å². The number of nitrogens with zero attached hydrogens (tertiary/aromatic N) is 1. The SMILES string of the molecule is COc1cc(CCN2CCNCC2)c(Cl)c2ccoc12. The van der Waals surface area contributed by atoms with E-state index in [0.717, 1.165) is 66.4 Å². The van der Waals surface area contributed by atoms with Crippen LogP contribution in [0.5, 0.6) is 5.75 Å². The maximum atomic E-state index is 6.48. The Labute approximate surface area is 123 Å². The zero-order valence-corrected chi connectivity index (χ0v) is 12.4. The molecule has 1 aromatic carbocycles. The molecular formula is C15H19ClN2O2. The Morgan fingerprint density at radius 1 is 1.40 bits per heavy atom. The number of hydrogen-bond acceptors (Lipinski definition) is 4. The van der Waals surface area contributed by atoms with E-state index in [1.54, 1.807) is 13.4 Å². The molecule has 0 aliphatic carbocycles. The Balaban J connectivity index is 1.81. The Kier molecular flexibility index (Phi) is 4.15. The van der Waals surface area contributed by atoms with Crippen LogP contribution in [0, 0.1) is 0 Å². The molecule has 20 heavy (non-hydrogen) atoms. The molecule has 0 spiro atoms. The fourth-order valence-electron chi connectivity index (χ4n) is 2.68. The minimum Gasteiger partial charge on any atom is -0.493 e. The van der Waals surface area contributed by atoms with Crippen molar-refractivity contribution in [1.82, 2.24) is 10.2 Å². The lowest BCUT2D eigenvalue weighted by atomic mass is 10.1. The summed E-state index contributed by atoms with van der Waals surface area (Å²) in [4.78, 5) is 2.46. The van der Waals surface area contributed by atoms with Gasteiger partial charge in [-0.1, -0.05) is 11.6 Å². The van der Waals surface area contributed by atoms with Gasteiger partial charge in [-0.3, -0.25) is 0 Å². The topological polar surface area (TPSA) is 37.6 Å². The molecule has 3 rings (SSSR count). The van der Waals surface area contributed by atoms with Gasteiger partial charge in [0.05, 0.1) is 18.4 Å². The summed E-state index contributed by atoms with van der Waals surface area (Å²) in [7, 11) is 1.66. The molecule has 2 heterocycles. The molecule has 0 atom stereocenters. The molecule has 1 N–H and O–H groups in total. The lowest BCUT2D eigenvalue weighted by molar-refractivity contribution is 0.244. The van der Waals surface area contributed by atoms with Crippen molar-refractivity contribution in [3.8, 4) is 5.75 Å². The van der Waals surface area contributed by atoms with Crippen LogP contribution in [0.1, 0.15) is 5.56 Å². The zero-order chi connectivity index (χ0) is 13.9. The molecule has 0 radical (unpaired) electrons. The fourth-order valence-corrected chi connectivity index (χ4v) is 2.98. The number of methoxy groups -OCH3 is 1. The van der Waals surface area contributed by atoms with Gasteiger partial charge in [0, 0.05) is 38.1 Å². The van der Waals surface area contributed by atoms with Crippen molar-refractivity contribution in [2.24, 2.45) is 0 Å². The summed E-state index contributed by atoms with van der Waals surface area (Å²) in [5, 5.41) is 5.08. The second-order valence-electron chi connectivity index (χ2n) is 5.06. The smallest absolute Gasteiger partial charge is 0.177 e. The van der Waals surface area contributed by atoms with E-state index in [2.05, 4.69) is 10.2 Å². The van der Waals surface area contributed by atoms with Crippen LogP contribution in [-0.2, 0) is 6.42 Å². The lowest BCUT2D eigenvalue weighted by Gasteiger charge is -2.27. The third-order valence-corrected chi connectivity index (χ3v) is 4.29. The Morgan fingerprint density at radius 3 is 2.95 bits per heavy atom. The summed E-state index contributed by atoms with van der Waals surface area (Å²) >= 11 is 6.48. The van der Waals surface area contributed by atoms with Crippen LogP contribution in [0.3, 0.4) is 0 Å². The first kappa shape index (κ1) is 13.7. The number of benzene rings is 1. The third kappa shape index (κ3) is 2.64. The minimum atomic E-state index is 0.725. The van der Waals surface area contributed by atoms with Gasteiger partial charge in [0.1, 0.15) is 0 Å². The number of hydrogen-bond donors (Lipinski definition) is 1. The van der Waals surface area contributed by atoms with Gasteiger partial charge in [0.25, 0.3) is 0 Å². The second-order valence-corrected chi connectivity index (χ2v) is 5.43. The van der Waals surface area contributed by atoms with E-state index in [1.165, 1.54) is 0 Å². The molecule has 108 valence electrons. The maximum Gasteiger partial charge on any atom is 0.177 e. The molecule has 0 unspecified atom stereocenters. The number of fused-ring (bicyclic) bond motifs is 1. The summed E-state index contributed by atoms with van der Waals surface area (Å²) in [6.07, 6.45) is 2.58. The predicted molar refractivity (Wildman–Crippen MR) is 80.8 cm³/mol. The number of nitrogens with one attached hydrogen (secondary N) is 1. The van der Waals surface area contributed by atoms with Crippen LogP contribution >= 0.6 is 11.6 Å². The molecule has 1 fully saturated rings. The molecule has 0 amide bonds. The summed E-state index contributed by atoms with van der Waals surface area (Å²) < 4.78 is 10.8. The minimum absolute atomic E-state index is 0.725. The van der Waals surface area contributed by atoms with Crippen LogP contribution in [0.25, 0.3) is 11.0 Å². The van der Waals surface area contributed by atoms with Gasteiger partial charge < -0.3 is 19.4 Å². The van der Waals surface area contributed by atoms with Crippen molar-refractivity contribution in [3.63, 3.8) is 0 Å². The van der Waals surface area contributed by atoms with Gasteiger partial charge in [-0.15, -0.1) is 0 Å². The predicted octanol–water partition coefficient (Wildman–Crippen LogP) is 2.54. The van der Waals surface area contributed by atoms with Crippen molar-refractivity contribution in [1.29, 1.82) is 0 Å². The average molecular weight is 295 g/mol. The summed E-state index contributed by atoms with van der Waals surface area (Å²) in [6, 6.07) is 3.89. The number of ether oxygens (including phenoxy) is 1. The highest BCUT2D eigenvalue weighted by atomic mass is 35.5. The molecule has 1 aliphatic heterocycles. The van der Waals surface area contributed by atoms with E-state index in [0.29, 0.717) is 0 Å². The Morgan fingerprint density at radius 2 is 2.20 bits per heavy atom. The van der Waals surface area contributed by atoms with Gasteiger partial charge in [-0.25, -0.2) is 0 Å². The van der Waals surface area contributed by atoms with E-state index in [4.69, 9.17) is 20.8 Å². The van der Waals surface area contributed by atoms with Crippen molar-refractivity contribution in [2.45, 2.75) is 6.42 Å². The molecule has 5 heteroatoms. The van der Waals surface area contributed by atoms with E-state index in [9.17, 15) is 0 Å². The summed E-state index contributed by atoms with van der Waals surface area (Å²) in [6.45, 7) is 5.36. The maximum absolute atomic E-state index is 6.48. The first-order valence-corrected chi connectivity index (χ1v) is 7.33. The van der Waals surface area contributed by atoms with E-state index in [1.807, 2.05) is 12.1 Å². The summed E-state index contributed by atoms with van der Waals surface area (Å²) in [5.41, 5.74) is 1.85. The highest BCUT2D eigenvalue weighted by Gasteiger charge is 2.15. The third-order valence-electron chi connectivity index (χ3n) is 3.84. The van der Waals surface area contributed by atoms with E-state index >= 15 is 0 Å². The first-order valence-electron chi connectivity index (χ1n) is 6.95. The van der Waals surface area contributed by atoms with Crippen LogP contribution in [-0.4, -0.2) is 44.7 Å². The van der Waals surface area contributed by atoms with Crippen molar-refractivity contribution in [3.05, 3.63) is 29.0 Å². The number of halogens is 1.